The highest BCUT2D eigenvalue weighted by molar-refractivity contribution is 6.29. The third-order valence-electron chi connectivity index (χ3n) is 1.92. The van der Waals surface area contributed by atoms with Crippen LogP contribution in [-0.2, 0) is 6.54 Å². The van der Waals surface area contributed by atoms with Gasteiger partial charge in [-0.1, -0.05) is 17.7 Å². The Hall–Kier alpha value is -1.68. The fourth-order valence-electron chi connectivity index (χ4n) is 1.19. The Balaban J connectivity index is 2.26. The van der Waals surface area contributed by atoms with Gasteiger partial charge in [0.25, 0.3) is 5.56 Å². The van der Waals surface area contributed by atoms with Crippen LogP contribution in [0.4, 0.5) is 0 Å². The van der Waals surface area contributed by atoms with E-state index in [9.17, 15) is 4.79 Å². The highest BCUT2D eigenvalue weighted by atomic mass is 35.5. The van der Waals surface area contributed by atoms with Crippen molar-refractivity contribution in [3.05, 3.63) is 57.7 Å². The summed E-state index contributed by atoms with van der Waals surface area (Å²) in [5.41, 5.74) is 0.641. The first-order valence-corrected chi connectivity index (χ1v) is 4.77. The Morgan fingerprint density at radius 1 is 1.20 bits per heavy atom. The number of hydrogen-bond donors (Lipinski definition) is 0. The van der Waals surface area contributed by atoms with Gasteiger partial charge in [0.2, 0.25) is 0 Å². The summed E-state index contributed by atoms with van der Waals surface area (Å²) < 4.78 is 1.55. The molecular weight excluding hydrogens is 214 g/mol. The van der Waals surface area contributed by atoms with E-state index in [4.69, 9.17) is 11.6 Å². The fourth-order valence-corrected chi connectivity index (χ4v) is 1.29. The lowest BCUT2D eigenvalue weighted by Crippen LogP contribution is -2.18. The van der Waals surface area contributed by atoms with Crippen LogP contribution in [0.5, 0.6) is 0 Å². The van der Waals surface area contributed by atoms with Crippen LogP contribution in [0, 0.1) is 0 Å². The van der Waals surface area contributed by atoms with E-state index in [1.807, 2.05) is 0 Å². The van der Waals surface area contributed by atoms with E-state index in [2.05, 4.69) is 10.2 Å². The number of rotatable bonds is 2. The van der Waals surface area contributed by atoms with E-state index < -0.39 is 0 Å². The van der Waals surface area contributed by atoms with Gasteiger partial charge in [0.1, 0.15) is 0 Å². The molecule has 0 aliphatic carbocycles. The van der Waals surface area contributed by atoms with E-state index >= 15 is 0 Å². The minimum absolute atomic E-state index is 0.0609. The van der Waals surface area contributed by atoms with Crippen molar-refractivity contribution in [3.8, 4) is 0 Å². The maximum absolute atomic E-state index is 11.4. The Labute approximate surface area is 91.2 Å². The van der Waals surface area contributed by atoms with Gasteiger partial charge in [0.05, 0.1) is 12.2 Å². The lowest BCUT2D eigenvalue weighted by molar-refractivity contribution is 0.723. The van der Waals surface area contributed by atoms with Crippen LogP contribution in [0.3, 0.4) is 0 Å². The molecule has 2 heterocycles. The molecule has 5 heteroatoms. The summed E-state index contributed by atoms with van der Waals surface area (Å²) >= 11 is 5.60. The third kappa shape index (κ3) is 2.41. The molecule has 0 spiro atoms. The van der Waals surface area contributed by atoms with E-state index in [-0.39, 0.29) is 5.56 Å². The lowest BCUT2D eigenvalue weighted by atomic mass is 10.3. The molecule has 0 atom stereocenters. The van der Waals surface area contributed by atoms with Crippen molar-refractivity contribution >= 4 is 11.6 Å². The Morgan fingerprint density at radius 2 is 2.07 bits per heavy atom. The van der Waals surface area contributed by atoms with Gasteiger partial charge >= 0.3 is 0 Å². The van der Waals surface area contributed by atoms with Crippen LogP contribution in [0.2, 0.25) is 5.15 Å². The molecule has 0 fully saturated rings. The molecule has 15 heavy (non-hydrogen) atoms. The number of pyridine rings is 1. The average Bonchev–Trinajstić information content (AvgIpc) is 2.25. The summed E-state index contributed by atoms with van der Waals surface area (Å²) in [4.78, 5) is 11.4. The van der Waals surface area contributed by atoms with Crippen LogP contribution >= 0.6 is 11.6 Å². The molecule has 0 radical (unpaired) electrons. The Kier molecular flexibility index (Phi) is 2.78. The number of nitrogens with zero attached hydrogens (tertiary/aromatic N) is 3. The minimum Gasteiger partial charge on any atom is -0.309 e. The molecule has 2 aromatic rings. The van der Waals surface area contributed by atoms with Gasteiger partial charge in [-0.3, -0.25) is 4.79 Å². The average molecular weight is 222 g/mol. The van der Waals surface area contributed by atoms with Crippen molar-refractivity contribution in [2.24, 2.45) is 0 Å². The van der Waals surface area contributed by atoms with Gasteiger partial charge in [-0.25, -0.2) is 0 Å². The zero-order chi connectivity index (χ0) is 10.7. The summed E-state index contributed by atoms with van der Waals surface area (Å²) in [5, 5.41) is 7.92. The molecule has 0 saturated carbocycles. The number of halogens is 1. The van der Waals surface area contributed by atoms with Crippen LogP contribution in [0.1, 0.15) is 5.69 Å². The predicted molar refractivity (Wildman–Crippen MR) is 56.8 cm³/mol. The van der Waals surface area contributed by atoms with Crippen molar-refractivity contribution in [2.45, 2.75) is 6.54 Å². The van der Waals surface area contributed by atoms with Crippen molar-refractivity contribution in [2.75, 3.05) is 0 Å². The largest absolute Gasteiger partial charge is 0.309 e. The van der Waals surface area contributed by atoms with Gasteiger partial charge in [0.15, 0.2) is 5.15 Å². The molecule has 76 valence electrons. The molecule has 2 rings (SSSR count). The van der Waals surface area contributed by atoms with Gasteiger partial charge in [-0.05, 0) is 18.2 Å². The fraction of sp³-hybridized carbons (Fsp3) is 0.100. The van der Waals surface area contributed by atoms with Crippen LogP contribution in [-0.4, -0.2) is 14.8 Å². The standard InChI is InChI=1S/C10H8ClN3O/c11-9-5-4-8(12-13-9)7-14-6-2-1-3-10(14)15/h1-6H,7H2. The van der Waals surface area contributed by atoms with E-state index in [0.717, 1.165) is 0 Å². The first-order valence-electron chi connectivity index (χ1n) is 4.39. The van der Waals surface area contributed by atoms with E-state index in [0.29, 0.717) is 17.4 Å². The van der Waals surface area contributed by atoms with Gasteiger partial charge in [0, 0.05) is 12.3 Å². The monoisotopic (exact) mass is 221 g/mol. The van der Waals surface area contributed by atoms with Crippen LogP contribution < -0.4 is 5.56 Å². The summed E-state index contributed by atoms with van der Waals surface area (Å²) in [6.45, 7) is 0.407. The second-order valence-corrected chi connectivity index (χ2v) is 3.40. The molecule has 0 bridgehead atoms. The zero-order valence-corrected chi connectivity index (χ0v) is 8.55. The van der Waals surface area contributed by atoms with E-state index in [1.54, 1.807) is 35.0 Å². The summed E-state index contributed by atoms with van der Waals surface area (Å²) in [5.74, 6) is 0. The lowest BCUT2D eigenvalue weighted by Gasteiger charge is -2.02. The predicted octanol–water partition coefficient (Wildman–Crippen LogP) is 1.34. The van der Waals surface area contributed by atoms with Crippen LogP contribution in [0.25, 0.3) is 0 Å². The van der Waals surface area contributed by atoms with Gasteiger partial charge < -0.3 is 4.57 Å². The van der Waals surface area contributed by atoms with Crippen molar-refractivity contribution in [1.82, 2.24) is 14.8 Å². The Morgan fingerprint density at radius 3 is 2.73 bits per heavy atom. The highest BCUT2D eigenvalue weighted by Gasteiger charge is 1.98. The smallest absolute Gasteiger partial charge is 0.250 e. The highest BCUT2D eigenvalue weighted by Crippen LogP contribution is 2.02. The summed E-state index contributed by atoms with van der Waals surface area (Å²) in [6.07, 6.45) is 1.71. The molecule has 4 nitrogen and oxygen atoms in total. The molecule has 0 unspecified atom stereocenters. The Bertz CT molecular complexity index is 507. The maximum Gasteiger partial charge on any atom is 0.250 e. The van der Waals surface area contributed by atoms with Crippen LogP contribution in [0.15, 0.2) is 41.3 Å². The van der Waals surface area contributed by atoms with E-state index in [1.165, 1.54) is 6.07 Å². The summed E-state index contributed by atoms with van der Waals surface area (Å²) in [7, 11) is 0. The third-order valence-corrected chi connectivity index (χ3v) is 2.12. The molecule has 0 amide bonds. The number of hydrogen-bond acceptors (Lipinski definition) is 3. The minimum atomic E-state index is -0.0609. The molecular formula is C10H8ClN3O. The zero-order valence-electron chi connectivity index (χ0n) is 7.80. The number of aromatic nitrogens is 3. The van der Waals surface area contributed by atoms with Crippen molar-refractivity contribution < 1.29 is 0 Å². The topological polar surface area (TPSA) is 47.8 Å². The second kappa shape index (κ2) is 4.23. The van der Waals surface area contributed by atoms with Crippen molar-refractivity contribution in [1.29, 1.82) is 0 Å². The maximum atomic E-state index is 11.4. The second-order valence-electron chi connectivity index (χ2n) is 3.01. The first-order chi connectivity index (χ1) is 7.25. The summed E-state index contributed by atoms with van der Waals surface area (Å²) in [6, 6.07) is 8.40. The molecule has 0 aliphatic rings. The normalized spacial score (nSPS) is 10.2. The van der Waals surface area contributed by atoms with Gasteiger partial charge in [-0.2, -0.15) is 5.10 Å². The quantitative estimate of drug-likeness (QED) is 0.769. The van der Waals surface area contributed by atoms with Crippen molar-refractivity contribution in [3.63, 3.8) is 0 Å². The molecule has 0 N–H and O–H groups in total. The molecule has 0 aliphatic heterocycles. The first kappa shape index (κ1) is 9.86. The molecule has 2 aromatic heterocycles. The van der Waals surface area contributed by atoms with Gasteiger partial charge in [-0.15, -0.1) is 5.10 Å². The molecule has 0 saturated heterocycles. The SMILES string of the molecule is O=c1ccccn1Cc1ccc(Cl)nn1. The molecule has 0 aromatic carbocycles.